The number of cyclic esters (lactones) is 1. The van der Waals surface area contributed by atoms with E-state index in [9.17, 15) is 14.7 Å². The molecule has 0 aromatic heterocycles. The highest BCUT2D eigenvalue weighted by molar-refractivity contribution is 5.97. The highest BCUT2D eigenvalue weighted by atomic mass is 16.5. The molecule has 0 radical (unpaired) electrons. The maximum absolute atomic E-state index is 11.8. The first-order valence-electron chi connectivity index (χ1n) is 5.94. The van der Waals surface area contributed by atoms with E-state index >= 15 is 0 Å². The number of urea groups is 1. The van der Waals surface area contributed by atoms with E-state index in [1.165, 1.54) is 13.2 Å². The van der Waals surface area contributed by atoms with Gasteiger partial charge in [0.2, 0.25) is 0 Å². The number of esters is 1. The number of carbonyl (C=O) groups excluding carboxylic acids is 2. The number of phenols is 1. The third-order valence-electron chi connectivity index (χ3n) is 3.26. The van der Waals surface area contributed by atoms with Gasteiger partial charge >= 0.3 is 12.0 Å². The van der Waals surface area contributed by atoms with E-state index in [0.29, 0.717) is 16.8 Å². The maximum Gasteiger partial charge on any atom is 0.338 e. The zero-order chi connectivity index (χ0) is 14.3. The van der Waals surface area contributed by atoms with Crippen LogP contribution in [0, 0.1) is 0 Å². The van der Waals surface area contributed by atoms with Gasteiger partial charge in [-0.1, -0.05) is 6.07 Å². The minimum Gasteiger partial charge on any atom is -0.504 e. The van der Waals surface area contributed by atoms with Crippen LogP contribution >= 0.6 is 0 Å². The van der Waals surface area contributed by atoms with Gasteiger partial charge in [0.05, 0.1) is 24.4 Å². The third kappa shape index (κ3) is 1.83. The van der Waals surface area contributed by atoms with Gasteiger partial charge in [-0.15, -0.1) is 0 Å². The van der Waals surface area contributed by atoms with Gasteiger partial charge in [-0.05, 0) is 17.7 Å². The van der Waals surface area contributed by atoms with E-state index in [-0.39, 0.29) is 18.1 Å². The Kier molecular flexibility index (Phi) is 2.74. The lowest BCUT2D eigenvalue weighted by Gasteiger charge is -2.25. The number of amides is 2. The van der Waals surface area contributed by atoms with Crippen molar-refractivity contribution in [2.75, 3.05) is 13.7 Å². The normalized spacial score (nSPS) is 20.9. The number of rotatable bonds is 2. The van der Waals surface area contributed by atoms with Crippen LogP contribution in [0.25, 0.3) is 0 Å². The molecule has 3 rings (SSSR count). The van der Waals surface area contributed by atoms with Gasteiger partial charge in [-0.3, -0.25) is 0 Å². The van der Waals surface area contributed by atoms with E-state index in [2.05, 4.69) is 10.6 Å². The lowest BCUT2D eigenvalue weighted by Crippen LogP contribution is -2.44. The molecular formula is C13H12N2O5. The third-order valence-corrected chi connectivity index (χ3v) is 3.26. The average molecular weight is 276 g/mol. The molecular weight excluding hydrogens is 264 g/mol. The van der Waals surface area contributed by atoms with Crippen LogP contribution in [0.4, 0.5) is 4.79 Å². The fraction of sp³-hybridized carbons (Fsp3) is 0.231. The molecule has 0 saturated carbocycles. The van der Waals surface area contributed by atoms with E-state index < -0.39 is 18.0 Å². The molecule has 0 saturated heterocycles. The number of phenolic OH excluding ortho intramolecular Hbond substituents is 1. The van der Waals surface area contributed by atoms with Crippen LogP contribution in [-0.4, -0.2) is 30.8 Å². The van der Waals surface area contributed by atoms with Crippen molar-refractivity contribution in [2.24, 2.45) is 0 Å². The lowest BCUT2D eigenvalue weighted by atomic mass is 9.96. The molecule has 104 valence electrons. The average Bonchev–Trinajstić information content (AvgIpc) is 2.80. The second kappa shape index (κ2) is 4.44. The standard InChI is InChI=1S/C13H12N2O5/c1-19-9-4-6(2-3-8(9)16)11-10-7(5-20-12(10)17)14-13(18)15-11/h2-4,11,16H,5H2,1H3,(H2,14,15,18)/t11-/m1/s1. The summed E-state index contributed by atoms with van der Waals surface area (Å²) in [6, 6.07) is 3.61. The van der Waals surface area contributed by atoms with E-state index in [0.717, 1.165) is 0 Å². The first-order valence-corrected chi connectivity index (χ1v) is 5.94. The summed E-state index contributed by atoms with van der Waals surface area (Å²) in [5.74, 6) is -0.215. The van der Waals surface area contributed by atoms with Crippen LogP contribution in [-0.2, 0) is 9.53 Å². The Hall–Kier alpha value is -2.70. The monoisotopic (exact) mass is 276 g/mol. The van der Waals surface area contributed by atoms with Gasteiger partial charge in [0, 0.05) is 0 Å². The molecule has 1 aromatic carbocycles. The Balaban J connectivity index is 2.06. The first kappa shape index (κ1) is 12.3. The Bertz CT molecular complexity index is 638. The molecule has 0 aliphatic carbocycles. The van der Waals surface area contributed by atoms with Gasteiger partial charge in [-0.2, -0.15) is 0 Å². The van der Waals surface area contributed by atoms with Gasteiger partial charge in [0.25, 0.3) is 0 Å². The number of ether oxygens (including phenoxy) is 2. The molecule has 2 heterocycles. The molecule has 0 bridgehead atoms. The summed E-state index contributed by atoms with van der Waals surface area (Å²) in [7, 11) is 1.42. The zero-order valence-corrected chi connectivity index (χ0v) is 10.6. The number of hydrogen-bond acceptors (Lipinski definition) is 5. The van der Waals surface area contributed by atoms with Crippen LogP contribution in [0.1, 0.15) is 11.6 Å². The molecule has 20 heavy (non-hydrogen) atoms. The molecule has 2 amide bonds. The van der Waals surface area contributed by atoms with Gasteiger partial charge < -0.3 is 25.2 Å². The molecule has 2 aliphatic heterocycles. The summed E-state index contributed by atoms with van der Waals surface area (Å²) in [5.41, 5.74) is 1.47. The topological polar surface area (TPSA) is 96.9 Å². The van der Waals surface area contributed by atoms with Gasteiger partial charge in [0.15, 0.2) is 11.5 Å². The Morgan fingerprint density at radius 3 is 2.95 bits per heavy atom. The Morgan fingerprint density at radius 2 is 2.20 bits per heavy atom. The Morgan fingerprint density at radius 1 is 1.40 bits per heavy atom. The van der Waals surface area contributed by atoms with Crippen LogP contribution < -0.4 is 15.4 Å². The van der Waals surface area contributed by atoms with Crippen LogP contribution in [0.5, 0.6) is 11.5 Å². The van der Waals surface area contributed by atoms with Crippen molar-refractivity contribution >= 4 is 12.0 Å². The van der Waals surface area contributed by atoms with Crippen LogP contribution in [0.3, 0.4) is 0 Å². The SMILES string of the molecule is COc1cc([C@H]2NC(=O)NC3=C2C(=O)OC3)ccc1O. The van der Waals surface area contributed by atoms with Crippen molar-refractivity contribution in [2.45, 2.75) is 6.04 Å². The van der Waals surface area contributed by atoms with Crippen molar-refractivity contribution < 1.29 is 24.2 Å². The second-order valence-electron chi connectivity index (χ2n) is 4.43. The van der Waals surface area contributed by atoms with Crippen molar-refractivity contribution in [3.05, 3.63) is 35.0 Å². The lowest BCUT2D eigenvalue weighted by molar-refractivity contribution is -0.136. The summed E-state index contributed by atoms with van der Waals surface area (Å²) in [6.07, 6.45) is 0. The van der Waals surface area contributed by atoms with Crippen LogP contribution in [0.15, 0.2) is 29.5 Å². The molecule has 0 unspecified atom stereocenters. The number of nitrogens with one attached hydrogen (secondary N) is 2. The van der Waals surface area contributed by atoms with Gasteiger partial charge in [-0.25, -0.2) is 9.59 Å². The number of carbonyl (C=O) groups is 2. The Labute approximate surface area is 114 Å². The summed E-state index contributed by atoms with van der Waals surface area (Å²) in [4.78, 5) is 23.4. The minimum atomic E-state index is -0.622. The highest BCUT2D eigenvalue weighted by Crippen LogP contribution is 2.35. The summed E-state index contributed by atoms with van der Waals surface area (Å²) < 4.78 is 9.96. The molecule has 7 nitrogen and oxygen atoms in total. The first-order chi connectivity index (χ1) is 9.60. The predicted octanol–water partition coefficient (Wildman–Crippen LogP) is 0.566. The molecule has 1 aromatic rings. The highest BCUT2D eigenvalue weighted by Gasteiger charge is 2.38. The number of aromatic hydroxyl groups is 1. The molecule has 0 fully saturated rings. The van der Waals surface area contributed by atoms with Gasteiger partial charge in [0.1, 0.15) is 6.61 Å². The summed E-state index contributed by atoms with van der Waals surface area (Å²) in [5, 5.41) is 14.8. The van der Waals surface area contributed by atoms with Crippen molar-refractivity contribution in [1.82, 2.24) is 10.6 Å². The van der Waals surface area contributed by atoms with Crippen molar-refractivity contribution in [3.8, 4) is 11.5 Å². The van der Waals surface area contributed by atoms with Crippen molar-refractivity contribution in [3.63, 3.8) is 0 Å². The molecule has 1 atom stereocenters. The largest absolute Gasteiger partial charge is 0.504 e. The minimum absolute atomic E-state index is 0.0142. The fourth-order valence-electron chi connectivity index (χ4n) is 2.31. The predicted molar refractivity (Wildman–Crippen MR) is 67.1 cm³/mol. The summed E-state index contributed by atoms with van der Waals surface area (Å²) in [6.45, 7) is 0.0628. The molecule has 3 N–H and O–H groups in total. The second-order valence-corrected chi connectivity index (χ2v) is 4.43. The molecule has 0 spiro atoms. The summed E-state index contributed by atoms with van der Waals surface area (Å²) >= 11 is 0. The maximum atomic E-state index is 11.8. The zero-order valence-electron chi connectivity index (χ0n) is 10.6. The van der Waals surface area contributed by atoms with Crippen LogP contribution in [0.2, 0.25) is 0 Å². The molecule has 7 heteroatoms. The van der Waals surface area contributed by atoms with E-state index in [1.54, 1.807) is 12.1 Å². The number of hydrogen-bond donors (Lipinski definition) is 3. The quantitative estimate of drug-likeness (QED) is 0.686. The number of methoxy groups -OCH3 is 1. The molecule has 2 aliphatic rings. The smallest absolute Gasteiger partial charge is 0.338 e. The van der Waals surface area contributed by atoms with Crippen molar-refractivity contribution in [1.29, 1.82) is 0 Å². The van der Waals surface area contributed by atoms with E-state index in [4.69, 9.17) is 9.47 Å². The number of benzene rings is 1. The van der Waals surface area contributed by atoms with E-state index in [1.807, 2.05) is 0 Å². The fourth-order valence-corrected chi connectivity index (χ4v) is 2.31.